The monoisotopic (exact) mass is 488 g/mol. The topological polar surface area (TPSA) is 122 Å². The fourth-order valence-corrected chi connectivity index (χ4v) is 3.78. The van der Waals surface area contributed by atoms with Crippen LogP contribution >= 0.6 is 0 Å². The molecule has 0 unspecified atom stereocenters. The van der Waals surface area contributed by atoms with Crippen LogP contribution in [-0.4, -0.2) is 51.7 Å². The van der Waals surface area contributed by atoms with Crippen LogP contribution in [-0.2, 0) is 4.79 Å². The van der Waals surface area contributed by atoms with E-state index in [4.69, 9.17) is 9.47 Å². The number of aromatic nitrogens is 4. The predicted octanol–water partition coefficient (Wildman–Crippen LogP) is 3.26. The lowest BCUT2D eigenvalue weighted by molar-refractivity contribution is -0.120. The van der Waals surface area contributed by atoms with Crippen molar-refractivity contribution in [1.29, 1.82) is 0 Å². The minimum absolute atomic E-state index is 0.101. The van der Waals surface area contributed by atoms with Crippen LogP contribution in [0.5, 0.6) is 17.2 Å². The Hall–Kier alpha value is -4.80. The van der Waals surface area contributed by atoms with Crippen LogP contribution in [0, 0.1) is 12.7 Å². The lowest BCUT2D eigenvalue weighted by Gasteiger charge is -2.20. The first kappa shape index (κ1) is 23.0. The highest BCUT2D eigenvalue weighted by Crippen LogP contribution is 2.35. The van der Waals surface area contributed by atoms with Gasteiger partial charge in [0.15, 0.2) is 5.75 Å². The number of likely N-dealkylation sites (N-methyl/N-ethyl adjacent to an activating group) is 1. The summed E-state index contributed by atoms with van der Waals surface area (Å²) >= 11 is 0. The number of anilines is 1. The Balaban J connectivity index is 1.35. The molecule has 1 atom stereocenters. The van der Waals surface area contributed by atoms with Crippen molar-refractivity contribution in [3.05, 3.63) is 78.3 Å². The third-order valence-corrected chi connectivity index (χ3v) is 5.64. The third kappa shape index (κ3) is 4.45. The first-order valence-electron chi connectivity index (χ1n) is 11.0. The van der Waals surface area contributed by atoms with Gasteiger partial charge in [-0.2, -0.15) is 5.10 Å². The molecular weight excluding hydrogens is 467 g/mol. The van der Waals surface area contributed by atoms with Gasteiger partial charge in [0.2, 0.25) is 5.82 Å². The second-order valence-corrected chi connectivity index (χ2v) is 8.10. The summed E-state index contributed by atoms with van der Waals surface area (Å²) in [6, 6.07) is 10.2. The molecule has 3 heterocycles. The molecule has 0 saturated heterocycles. The maximum atomic E-state index is 14.3. The summed E-state index contributed by atoms with van der Waals surface area (Å²) < 4.78 is 25.9. The standard InChI is InChI=1S/C25H21FN6O4/c1-14-10-27-23(31-22(14)17-5-3-4-6-18(17)26)24(33)30-19-13-35-21-8-7-15(36-16-11-28-29-12-16)9-20(21)32(2)25(19)34/h3-12,19H,13H2,1-2H3,(H,28,29)(H,30,33)/t19-/m0/s1. The number of carbonyl (C=O) groups excluding carboxylic acids is 2. The van der Waals surface area contributed by atoms with Crippen LogP contribution in [0.1, 0.15) is 16.2 Å². The number of nitrogens with one attached hydrogen (secondary N) is 2. The predicted molar refractivity (Wildman–Crippen MR) is 127 cm³/mol. The molecule has 11 heteroatoms. The van der Waals surface area contributed by atoms with Gasteiger partial charge in [-0.05, 0) is 36.8 Å². The maximum absolute atomic E-state index is 14.3. The summed E-state index contributed by atoms with van der Waals surface area (Å²) in [6.45, 7) is 1.62. The molecule has 2 N–H and O–H groups in total. The number of fused-ring (bicyclic) bond motifs is 1. The molecule has 182 valence electrons. The van der Waals surface area contributed by atoms with Crippen molar-refractivity contribution < 1.29 is 23.5 Å². The Bertz CT molecular complexity index is 1440. The number of benzene rings is 2. The molecule has 2 aromatic heterocycles. The smallest absolute Gasteiger partial charge is 0.289 e. The number of H-pyrrole nitrogens is 1. The molecule has 0 radical (unpaired) electrons. The zero-order chi connectivity index (χ0) is 25.2. The van der Waals surface area contributed by atoms with E-state index >= 15 is 0 Å². The Kier molecular flexibility index (Phi) is 6.03. The van der Waals surface area contributed by atoms with E-state index in [1.807, 2.05) is 0 Å². The lowest BCUT2D eigenvalue weighted by Crippen LogP contribution is -2.49. The average molecular weight is 488 g/mol. The number of amides is 2. The van der Waals surface area contributed by atoms with Crippen molar-refractivity contribution in [1.82, 2.24) is 25.5 Å². The van der Waals surface area contributed by atoms with Gasteiger partial charge in [-0.25, -0.2) is 14.4 Å². The molecular formula is C25H21FN6O4. The van der Waals surface area contributed by atoms with Gasteiger partial charge in [0.1, 0.15) is 30.0 Å². The second kappa shape index (κ2) is 9.45. The van der Waals surface area contributed by atoms with E-state index in [-0.39, 0.29) is 18.0 Å². The first-order chi connectivity index (χ1) is 17.4. The Morgan fingerprint density at radius 1 is 1.22 bits per heavy atom. The Labute approximate surface area is 205 Å². The van der Waals surface area contributed by atoms with E-state index in [2.05, 4.69) is 25.5 Å². The molecule has 0 aliphatic carbocycles. The van der Waals surface area contributed by atoms with Gasteiger partial charge in [-0.15, -0.1) is 0 Å². The van der Waals surface area contributed by atoms with Crippen LogP contribution in [0.2, 0.25) is 0 Å². The second-order valence-electron chi connectivity index (χ2n) is 8.10. The van der Waals surface area contributed by atoms with E-state index in [9.17, 15) is 14.0 Å². The summed E-state index contributed by atoms with van der Waals surface area (Å²) in [5.41, 5.74) is 1.63. The number of carbonyl (C=O) groups is 2. The molecule has 0 fully saturated rings. The highest BCUT2D eigenvalue weighted by atomic mass is 19.1. The zero-order valence-electron chi connectivity index (χ0n) is 19.4. The molecule has 2 amide bonds. The highest BCUT2D eigenvalue weighted by Gasteiger charge is 2.32. The molecule has 0 bridgehead atoms. The van der Waals surface area contributed by atoms with E-state index in [1.54, 1.807) is 56.6 Å². The van der Waals surface area contributed by atoms with Crippen LogP contribution in [0.25, 0.3) is 11.3 Å². The number of rotatable bonds is 5. The molecule has 1 aliphatic rings. The fourth-order valence-electron chi connectivity index (χ4n) is 3.78. The van der Waals surface area contributed by atoms with Crippen molar-refractivity contribution in [2.45, 2.75) is 13.0 Å². The zero-order valence-corrected chi connectivity index (χ0v) is 19.4. The summed E-state index contributed by atoms with van der Waals surface area (Å²) in [6.07, 6.45) is 4.55. The summed E-state index contributed by atoms with van der Waals surface area (Å²) in [5.74, 6) is -0.288. The number of aromatic amines is 1. The van der Waals surface area contributed by atoms with Crippen LogP contribution in [0.15, 0.2) is 61.1 Å². The van der Waals surface area contributed by atoms with Crippen LogP contribution in [0.3, 0.4) is 0 Å². The van der Waals surface area contributed by atoms with Crippen molar-refractivity contribution in [2.24, 2.45) is 0 Å². The minimum Gasteiger partial charge on any atom is -0.489 e. The largest absolute Gasteiger partial charge is 0.489 e. The number of nitrogens with zero attached hydrogens (tertiary/aromatic N) is 4. The molecule has 10 nitrogen and oxygen atoms in total. The highest BCUT2D eigenvalue weighted by molar-refractivity contribution is 6.02. The SMILES string of the molecule is Cc1cnc(C(=O)N[C@H]2COc3ccc(Oc4cn[nH]c4)cc3N(C)C2=O)nc1-c1ccccc1F. The average Bonchev–Trinajstić information content (AvgIpc) is 3.36. The number of hydrogen-bond acceptors (Lipinski definition) is 7. The number of hydrogen-bond donors (Lipinski definition) is 2. The molecule has 36 heavy (non-hydrogen) atoms. The van der Waals surface area contributed by atoms with E-state index in [1.165, 1.54) is 23.4 Å². The van der Waals surface area contributed by atoms with Gasteiger partial charge >= 0.3 is 0 Å². The summed E-state index contributed by atoms with van der Waals surface area (Å²) in [7, 11) is 1.58. The van der Waals surface area contributed by atoms with Crippen molar-refractivity contribution >= 4 is 17.5 Å². The van der Waals surface area contributed by atoms with E-state index < -0.39 is 23.7 Å². The molecule has 0 saturated carbocycles. The fraction of sp³-hybridized carbons (Fsp3) is 0.160. The van der Waals surface area contributed by atoms with Crippen LogP contribution < -0.4 is 19.7 Å². The van der Waals surface area contributed by atoms with Gasteiger partial charge in [0, 0.05) is 24.9 Å². The van der Waals surface area contributed by atoms with E-state index in [0.717, 1.165) is 0 Å². The van der Waals surface area contributed by atoms with Crippen molar-refractivity contribution in [3.63, 3.8) is 0 Å². The normalized spacial score (nSPS) is 15.0. The number of aryl methyl sites for hydroxylation is 1. The van der Waals surface area contributed by atoms with Gasteiger partial charge in [-0.3, -0.25) is 14.7 Å². The maximum Gasteiger partial charge on any atom is 0.289 e. The molecule has 1 aliphatic heterocycles. The van der Waals surface area contributed by atoms with Gasteiger partial charge in [0.05, 0.1) is 23.8 Å². The molecule has 4 aromatic rings. The molecule has 5 rings (SSSR count). The summed E-state index contributed by atoms with van der Waals surface area (Å²) in [5, 5.41) is 9.13. The number of ether oxygens (including phenoxy) is 2. The van der Waals surface area contributed by atoms with Crippen LogP contribution in [0.4, 0.5) is 10.1 Å². The Morgan fingerprint density at radius 2 is 2.06 bits per heavy atom. The first-order valence-corrected chi connectivity index (χ1v) is 11.0. The van der Waals surface area contributed by atoms with Gasteiger partial charge in [-0.1, -0.05) is 12.1 Å². The van der Waals surface area contributed by atoms with Gasteiger partial charge < -0.3 is 19.7 Å². The lowest BCUT2D eigenvalue weighted by atomic mass is 10.1. The molecule has 0 spiro atoms. The summed E-state index contributed by atoms with van der Waals surface area (Å²) in [4.78, 5) is 35.9. The number of halogens is 1. The Morgan fingerprint density at radius 3 is 2.83 bits per heavy atom. The quantitative estimate of drug-likeness (QED) is 0.442. The third-order valence-electron chi connectivity index (χ3n) is 5.64. The van der Waals surface area contributed by atoms with Crippen molar-refractivity contribution in [2.75, 3.05) is 18.6 Å². The van der Waals surface area contributed by atoms with Gasteiger partial charge in [0.25, 0.3) is 11.8 Å². The molecule has 2 aromatic carbocycles. The van der Waals surface area contributed by atoms with Crippen molar-refractivity contribution in [3.8, 4) is 28.5 Å². The minimum atomic E-state index is -1.00. The van der Waals surface area contributed by atoms with E-state index in [0.29, 0.717) is 34.2 Å².